The lowest BCUT2D eigenvalue weighted by molar-refractivity contribution is 0.0484. The van der Waals surface area contributed by atoms with Crippen LogP contribution in [0.15, 0.2) is 42.5 Å². The molecule has 2 aromatic rings. The lowest BCUT2D eigenvalue weighted by Crippen LogP contribution is -2.38. The number of nitrogens with zero attached hydrogens (tertiary/aromatic N) is 2. The molecule has 5 nitrogen and oxygen atoms in total. The zero-order valence-corrected chi connectivity index (χ0v) is 16.3. The van der Waals surface area contributed by atoms with Crippen molar-refractivity contribution in [2.24, 2.45) is 0 Å². The molecule has 1 amide bonds. The molecule has 2 aliphatic rings. The Labute approximate surface area is 168 Å². The molecule has 2 aromatic carbocycles. The summed E-state index contributed by atoms with van der Waals surface area (Å²) in [6.45, 7) is 0.972. The third-order valence-electron chi connectivity index (χ3n) is 5.20. The van der Waals surface area contributed by atoms with Gasteiger partial charge in [0.1, 0.15) is 6.10 Å². The number of halogens is 2. The first-order valence-electron chi connectivity index (χ1n) is 8.83. The number of aliphatic hydroxyl groups is 1. The van der Waals surface area contributed by atoms with Gasteiger partial charge in [0.2, 0.25) is 0 Å². The third-order valence-corrected chi connectivity index (χ3v) is 5.76. The zero-order valence-electron chi connectivity index (χ0n) is 14.8. The number of likely N-dealkylation sites (N-methyl/N-ethyl adjacent to an activating group) is 1. The van der Waals surface area contributed by atoms with Gasteiger partial charge in [0.15, 0.2) is 0 Å². The number of cyclic esters (lactones) is 1. The zero-order chi connectivity index (χ0) is 19.1. The molecule has 0 saturated carbocycles. The summed E-state index contributed by atoms with van der Waals surface area (Å²) in [5.74, 6) is 0. The first kappa shape index (κ1) is 18.6. The molecule has 0 radical (unpaired) electrons. The summed E-state index contributed by atoms with van der Waals surface area (Å²) in [6.07, 6.45) is -0.726. The van der Waals surface area contributed by atoms with Gasteiger partial charge in [-0.05, 0) is 42.4 Å². The highest BCUT2D eigenvalue weighted by atomic mass is 35.5. The number of anilines is 1. The van der Waals surface area contributed by atoms with Crippen molar-refractivity contribution in [3.8, 4) is 0 Å². The molecular formula is C20H20Cl2N2O3. The molecule has 1 aliphatic heterocycles. The summed E-state index contributed by atoms with van der Waals surface area (Å²) in [5.41, 5.74) is 2.68. The number of hydrogen-bond acceptors (Lipinski definition) is 4. The Kier molecular flexibility index (Phi) is 5.03. The smallest absolute Gasteiger partial charge is 0.414 e. The van der Waals surface area contributed by atoms with Crippen molar-refractivity contribution >= 4 is 35.0 Å². The van der Waals surface area contributed by atoms with Crippen LogP contribution in [-0.4, -0.2) is 48.4 Å². The van der Waals surface area contributed by atoms with Crippen molar-refractivity contribution < 1.29 is 14.6 Å². The molecule has 0 unspecified atom stereocenters. The summed E-state index contributed by atoms with van der Waals surface area (Å²) >= 11 is 12.5. The molecule has 1 heterocycles. The van der Waals surface area contributed by atoms with Crippen LogP contribution in [-0.2, 0) is 11.2 Å². The molecular weight excluding hydrogens is 387 g/mol. The highest BCUT2D eigenvalue weighted by Crippen LogP contribution is 2.41. The van der Waals surface area contributed by atoms with Crippen molar-refractivity contribution in [1.82, 2.24) is 4.90 Å². The van der Waals surface area contributed by atoms with E-state index < -0.39 is 6.10 Å². The SMILES string of the molecule is CN(C[C@@H]1CN(c2ccccc2)C(=O)O1)[C@H]1c2cc(Cl)cc(Cl)c2C[C@H]1O. The molecule has 0 spiro atoms. The van der Waals surface area contributed by atoms with Crippen LogP contribution in [0.1, 0.15) is 17.2 Å². The van der Waals surface area contributed by atoms with Crippen molar-refractivity contribution in [2.45, 2.75) is 24.7 Å². The van der Waals surface area contributed by atoms with E-state index in [0.29, 0.717) is 29.6 Å². The minimum absolute atomic E-state index is 0.235. The quantitative estimate of drug-likeness (QED) is 0.835. The number of para-hydroxylation sites is 1. The molecule has 1 N–H and O–H groups in total. The van der Waals surface area contributed by atoms with Gasteiger partial charge in [0, 0.05) is 28.7 Å². The number of benzene rings is 2. The minimum Gasteiger partial charge on any atom is -0.443 e. The van der Waals surface area contributed by atoms with E-state index >= 15 is 0 Å². The van der Waals surface area contributed by atoms with Gasteiger partial charge >= 0.3 is 6.09 Å². The molecule has 0 bridgehead atoms. The molecule has 27 heavy (non-hydrogen) atoms. The standard InChI is InChI=1S/C20H20Cl2N2O3/c1-23(19-16-7-12(21)8-17(22)15(16)9-18(19)25)10-14-11-24(20(26)27-14)13-5-3-2-4-6-13/h2-8,14,18-19,25H,9-11H2,1H3/t14-,18-,19+/m1/s1. The molecule has 1 saturated heterocycles. The van der Waals surface area contributed by atoms with Crippen LogP contribution in [0.4, 0.5) is 10.5 Å². The van der Waals surface area contributed by atoms with Gasteiger partial charge in [-0.3, -0.25) is 9.80 Å². The fourth-order valence-corrected chi connectivity index (χ4v) is 4.62. The Morgan fingerprint density at radius 3 is 2.74 bits per heavy atom. The van der Waals surface area contributed by atoms with Crippen molar-refractivity contribution in [3.63, 3.8) is 0 Å². The van der Waals surface area contributed by atoms with E-state index in [1.807, 2.05) is 48.3 Å². The molecule has 1 aliphatic carbocycles. The highest BCUT2D eigenvalue weighted by molar-refractivity contribution is 6.35. The Bertz CT molecular complexity index is 862. The number of carbonyl (C=O) groups is 1. The second kappa shape index (κ2) is 7.32. The lowest BCUT2D eigenvalue weighted by atomic mass is 10.1. The summed E-state index contributed by atoms with van der Waals surface area (Å²) in [6, 6.07) is 12.8. The summed E-state index contributed by atoms with van der Waals surface area (Å²) in [5, 5.41) is 11.7. The predicted octanol–water partition coefficient (Wildman–Crippen LogP) is 3.91. The first-order chi connectivity index (χ1) is 12.9. The monoisotopic (exact) mass is 406 g/mol. The molecule has 4 rings (SSSR count). The summed E-state index contributed by atoms with van der Waals surface area (Å²) < 4.78 is 5.54. The average molecular weight is 407 g/mol. The van der Waals surface area contributed by atoms with Gasteiger partial charge < -0.3 is 9.84 Å². The van der Waals surface area contributed by atoms with Gasteiger partial charge in [-0.1, -0.05) is 41.4 Å². The van der Waals surface area contributed by atoms with Crippen LogP contribution in [0, 0.1) is 0 Å². The van der Waals surface area contributed by atoms with Gasteiger partial charge in [0.25, 0.3) is 0 Å². The number of hydrogen-bond donors (Lipinski definition) is 1. The Balaban J connectivity index is 1.49. The highest BCUT2D eigenvalue weighted by Gasteiger charge is 2.39. The van der Waals surface area contributed by atoms with E-state index in [1.54, 1.807) is 11.0 Å². The van der Waals surface area contributed by atoms with Crippen LogP contribution < -0.4 is 4.90 Å². The molecule has 3 atom stereocenters. The van der Waals surface area contributed by atoms with Crippen molar-refractivity contribution in [3.05, 3.63) is 63.6 Å². The van der Waals surface area contributed by atoms with Crippen LogP contribution >= 0.6 is 23.2 Å². The van der Waals surface area contributed by atoms with Crippen LogP contribution in [0.2, 0.25) is 10.0 Å². The number of amides is 1. The number of aliphatic hydroxyl groups excluding tert-OH is 1. The Hall–Kier alpha value is -1.79. The predicted molar refractivity (Wildman–Crippen MR) is 106 cm³/mol. The Morgan fingerprint density at radius 2 is 2.00 bits per heavy atom. The third kappa shape index (κ3) is 3.52. The fraction of sp³-hybridized carbons (Fsp3) is 0.350. The van der Waals surface area contributed by atoms with E-state index in [1.165, 1.54) is 0 Å². The van der Waals surface area contributed by atoms with Gasteiger partial charge in [0.05, 0.1) is 18.7 Å². The summed E-state index contributed by atoms with van der Waals surface area (Å²) in [7, 11) is 1.91. The number of carbonyl (C=O) groups excluding carboxylic acids is 1. The largest absolute Gasteiger partial charge is 0.443 e. The molecule has 0 aromatic heterocycles. The maximum Gasteiger partial charge on any atom is 0.414 e. The first-order valence-corrected chi connectivity index (χ1v) is 9.59. The van der Waals surface area contributed by atoms with Crippen LogP contribution in [0.25, 0.3) is 0 Å². The molecule has 142 valence electrons. The number of fused-ring (bicyclic) bond motifs is 1. The minimum atomic E-state index is -0.580. The molecule has 1 fully saturated rings. The maximum atomic E-state index is 12.2. The number of ether oxygens (including phenoxy) is 1. The van der Waals surface area contributed by atoms with E-state index in [9.17, 15) is 9.90 Å². The second-order valence-corrected chi connectivity index (χ2v) is 7.91. The maximum absolute atomic E-state index is 12.2. The van der Waals surface area contributed by atoms with Gasteiger partial charge in [-0.2, -0.15) is 0 Å². The van der Waals surface area contributed by atoms with Crippen LogP contribution in [0.5, 0.6) is 0 Å². The number of rotatable bonds is 4. The lowest BCUT2D eigenvalue weighted by Gasteiger charge is -2.29. The second-order valence-electron chi connectivity index (χ2n) is 7.06. The summed E-state index contributed by atoms with van der Waals surface area (Å²) in [4.78, 5) is 15.9. The van der Waals surface area contributed by atoms with Gasteiger partial charge in [-0.25, -0.2) is 4.79 Å². The van der Waals surface area contributed by atoms with Crippen molar-refractivity contribution in [2.75, 3.05) is 25.0 Å². The van der Waals surface area contributed by atoms with Crippen molar-refractivity contribution in [1.29, 1.82) is 0 Å². The van der Waals surface area contributed by atoms with Gasteiger partial charge in [-0.15, -0.1) is 0 Å². The average Bonchev–Trinajstić information content (AvgIpc) is 3.15. The normalized spacial score (nSPS) is 24.4. The molecule has 7 heteroatoms. The van der Waals surface area contributed by atoms with E-state index in [0.717, 1.165) is 16.8 Å². The van der Waals surface area contributed by atoms with E-state index in [4.69, 9.17) is 27.9 Å². The fourth-order valence-electron chi connectivity index (χ4n) is 4.03. The Morgan fingerprint density at radius 1 is 1.26 bits per heavy atom. The topological polar surface area (TPSA) is 53.0 Å². The van der Waals surface area contributed by atoms with E-state index in [2.05, 4.69) is 0 Å². The van der Waals surface area contributed by atoms with Crippen LogP contribution in [0.3, 0.4) is 0 Å². The van der Waals surface area contributed by atoms with E-state index in [-0.39, 0.29) is 18.2 Å².